The molecule has 1 fully saturated rings. The van der Waals surface area contributed by atoms with Crippen molar-refractivity contribution < 1.29 is 18.0 Å². The number of alkyl halides is 3. The lowest BCUT2D eigenvalue weighted by atomic mass is 10.2. The maximum Gasteiger partial charge on any atom is 0.416 e. The molecule has 1 aliphatic rings. The molecule has 6 nitrogen and oxygen atoms in total. The molecule has 25 heavy (non-hydrogen) atoms. The molecular formula is C16H16F3N5O. The van der Waals surface area contributed by atoms with Gasteiger partial charge in [0, 0.05) is 44.3 Å². The maximum atomic E-state index is 12.7. The quantitative estimate of drug-likeness (QED) is 0.904. The second kappa shape index (κ2) is 6.96. The van der Waals surface area contributed by atoms with E-state index >= 15 is 0 Å². The van der Waals surface area contributed by atoms with Crippen molar-refractivity contribution in [1.29, 1.82) is 0 Å². The van der Waals surface area contributed by atoms with Crippen LogP contribution in [0.1, 0.15) is 5.56 Å². The minimum absolute atomic E-state index is 0.121. The van der Waals surface area contributed by atoms with Crippen LogP contribution in [0, 0.1) is 0 Å². The molecule has 1 aromatic heterocycles. The number of carbonyl (C=O) groups excluding carboxylic acids is 1. The standard InChI is InChI=1S/C16H16F3N5O/c17-16(18,19)12-2-1-3-13(10-12)22-15(25)24-8-6-23(7-9-24)14-11-20-4-5-21-14/h1-5,10-11H,6-9H2,(H,22,25). The predicted octanol–water partition coefficient (Wildman–Crippen LogP) is 2.85. The smallest absolute Gasteiger partial charge is 0.352 e. The van der Waals surface area contributed by atoms with Gasteiger partial charge in [0.25, 0.3) is 0 Å². The summed E-state index contributed by atoms with van der Waals surface area (Å²) in [6.45, 7) is 2.05. The van der Waals surface area contributed by atoms with E-state index < -0.39 is 17.8 Å². The number of hydrogen-bond acceptors (Lipinski definition) is 4. The molecule has 0 aliphatic carbocycles. The summed E-state index contributed by atoms with van der Waals surface area (Å²) in [5, 5.41) is 2.52. The van der Waals surface area contributed by atoms with E-state index in [1.807, 2.05) is 4.90 Å². The summed E-state index contributed by atoms with van der Waals surface area (Å²) < 4.78 is 38.2. The second-order valence-electron chi connectivity index (χ2n) is 5.55. The number of hydrogen-bond donors (Lipinski definition) is 1. The Hall–Kier alpha value is -2.84. The van der Waals surface area contributed by atoms with Crippen LogP contribution in [0.25, 0.3) is 0 Å². The van der Waals surface area contributed by atoms with E-state index in [-0.39, 0.29) is 5.69 Å². The van der Waals surface area contributed by atoms with Gasteiger partial charge in [0.15, 0.2) is 0 Å². The molecule has 2 amide bonds. The van der Waals surface area contributed by atoms with Gasteiger partial charge in [-0.15, -0.1) is 0 Å². The van der Waals surface area contributed by atoms with Crippen LogP contribution in [-0.2, 0) is 6.18 Å². The van der Waals surface area contributed by atoms with E-state index in [0.717, 1.165) is 18.0 Å². The summed E-state index contributed by atoms with van der Waals surface area (Å²) in [7, 11) is 0. The van der Waals surface area contributed by atoms with Crippen molar-refractivity contribution >= 4 is 17.5 Å². The molecule has 0 spiro atoms. The van der Waals surface area contributed by atoms with E-state index in [9.17, 15) is 18.0 Å². The molecule has 1 aromatic carbocycles. The van der Waals surface area contributed by atoms with Crippen LogP contribution < -0.4 is 10.2 Å². The number of amides is 2. The second-order valence-corrected chi connectivity index (χ2v) is 5.55. The zero-order valence-corrected chi connectivity index (χ0v) is 13.2. The molecule has 0 radical (unpaired) electrons. The van der Waals surface area contributed by atoms with E-state index in [0.29, 0.717) is 26.2 Å². The van der Waals surface area contributed by atoms with Crippen molar-refractivity contribution in [3.05, 3.63) is 48.4 Å². The van der Waals surface area contributed by atoms with Crippen LogP contribution in [0.15, 0.2) is 42.9 Å². The fourth-order valence-electron chi connectivity index (χ4n) is 2.57. The van der Waals surface area contributed by atoms with Crippen LogP contribution in [-0.4, -0.2) is 47.1 Å². The van der Waals surface area contributed by atoms with Gasteiger partial charge in [-0.2, -0.15) is 13.2 Å². The number of nitrogens with one attached hydrogen (secondary N) is 1. The van der Waals surface area contributed by atoms with Gasteiger partial charge in [0.1, 0.15) is 5.82 Å². The maximum absolute atomic E-state index is 12.7. The summed E-state index contributed by atoms with van der Waals surface area (Å²) in [4.78, 5) is 24.0. The number of benzene rings is 1. The Morgan fingerprint density at radius 3 is 2.52 bits per heavy atom. The molecular weight excluding hydrogens is 335 g/mol. The topological polar surface area (TPSA) is 61.4 Å². The first-order valence-electron chi connectivity index (χ1n) is 7.67. The molecule has 1 aliphatic heterocycles. The van der Waals surface area contributed by atoms with Gasteiger partial charge >= 0.3 is 12.2 Å². The van der Waals surface area contributed by atoms with Crippen molar-refractivity contribution in [3.63, 3.8) is 0 Å². The average molecular weight is 351 g/mol. The largest absolute Gasteiger partial charge is 0.416 e. The zero-order valence-electron chi connectivity index (χ0n) is 13.2. The molecule has 3 rings (SSSR count). The monoisotopic (exact) mass is 351 g/mol. The van der Waals surface area contributed by atoms with Crippen LogP contribution >= 0.6 is 0 Å². The molecule has 0 bridgehead atoms. The number of aromatic nitrogens is 2. The van der Waals surface area contributed by atoms with Crippen LogP contribution in [0.5, 0.6) is 0 Å². The minimum Gasteiger partial charge on any atom is -0.352 e. The summed E-state index contributed by atoms with van der Waals surface area (Å²) in [6, 6.07) is 4.18. The van der Waals surface area contributed by atoms with Crippen molar-refractivity contribution in [3.8, 4) is 0 Å². The first kappa shape index (κ1) is 17.0. The Labute approximate surface area is 142 Å². The van der Waals surface area contributed by atoms with Crippen LogP contribution in [0.2, 0.25) is 0 Å². The highest BCUT2D eigenvalue weighted by Gasteiger charge is 2.30. The van der Waals surface area contributed by atoms with E-state index in [2.05, 4.69) is 15.3 Å². The molecule has 1 saturated heterocycles. The van der Waals surface area contributed by atoms with Gasteiger partial charge in [-0.1, -0.05) is 6.07 Å². The van der Waals surface area contributed by atoms with E-state index in [4.69, 9.17) is 0 Å². The molecule has 2 aromatic rings. The molecule has 0 saturated carbocycles. The van der Waals surface area contributed by atoms with Crippen molar-refractivity contribution in [2.75, 3.05) is 36.4 Å². The van der Waals surface area contributed by atoms with Gasteiger partial charge in [0.05, 0.1) is 11.8 Å². The molecule has 9 heteroatoms. The number of rotatable bonds is 2. The number of urea groups is 1. The van der Waals surface area contributed by atoms with Crippen LogP contribution in [0.3, 0.4) is 0 Å². The summed E-state index contributed by atoms with van der Waals surface area (Å²) in [5.74, 6) is 0.737. The molecule has 0 atom stereocenters. The lowest BCUT2D eigenvalue weighted by molar-refractivity contribution is -0.137. The Morgan fingerprint density at radius 1 is 1.12 bits per heavy atom. The Bertz CT molecular complexity index is 730. The molecule has 1 N–H and O–H groups in total. The average Bonchev–Trinajstić information content (AvgIpc) is 2.62. The van der Waals surface area contributed by atoms with Gasteiger partial charge in [0.2, 0.25) is 0 Å². The molecule has 0 unspecified atom stereocenters. The predicted molar refractivity (Wildman–Crippen MR) is 86.3 cm³/mol. The zero-order chi connectivity index (χ0) is 17.9. The van der Waals surface area contributed by atoms with E-state index in [1.54, 1.807) is 23.5 Å². The van der Waals surface area contributed by atoms with Crippen LogP contribution in [0.4, 0.5) is 29.5 Å². The fourth-order valence-corrected chi connectivity index (χ4v) is 2.57. The third-order valence-corrected chi connectivity index (χ3v) is 3.88. The van der Waals surface area contributed by atoms with Gasteiger partial charge in [-0.3, -0.25) is 4.98 Å². The summed E-state index contributed by atoms with van der Waals surface area (Å²) in [5.41, 5.74) is -0.672. The minimum atomic E-state index is -4.44. The van der Waals surface area contributed by atoms with Gasteiger partial charge in [-0.25, -0.2) is 9.78 Å². The SMILES string of the molecule is O=C(Nc1cccc(C(F)(F)F)c1)N1CCN(c2cnccn2)CC1. The normalized spacial score (nSPS) is 15.2. The summed E-state index contributed by atoms with van der Waals surface area (Å²) >= 11 is 0. The number of carbonyl (C=O) groups is 1. The number of anilines is 2. The lowest BCUT2D eigenvalue weighted by Crippen LogP contribution is -2.50. The third kappa shape index (κ3) is 4.17. The summed E-state index contributed by atoms with van der Waals surface area (Å²) in [6.07, 6.45) is 0.395. The van der Waals surface area contributed by atoms with E-state index in [1.165, 1.54) is 12.1 Å². The highest BCUT2D eigenvalue weighted by Crippen LogP contribution is 2.30. The number of piperazine rings is 1. The lowest BCUT2D eigenvalue weighted by Gasteiger charge is -2.35. The van der Waals surface area contributed by atoms with Crippen molar-refractivity contribution in [1.82, 2.24) is 14.9 Å². The number of nitrogens with zero attached hydrogens (tertiary/aromatic N) is 4. The Balaban J connectivity index is 1.58. The Morgan fingerprint density at radius 2 is 1.88 bits per heavy atom. The van der Waals surface area contributed by atoms with Crippen molar-refractivity contribution in [2.45, 2.75) is 6.18 Å². The molecule has 2 heterocycles. The first-order valence-corrected chi connectivity index (χ1v) is 7.67. The fraction of sp³-hybridized carbons (Fsp3) is 0.312. The Kier molecular flexibility index (Phi) is 4.73. The highest BCUT2D eigenvalue weighted by atomic mass is 19.4. The van der Waals surface area contributed by atoms with Gasteiger partial charge < -0.3 is 15.1 Å². The number of halogens is 3. The first-order chi connectivity index (χ1) is 11.9. The van der Waals surface area contributed by atoms with Gasteiger partial charge in [-0.05, 0) is 18.2 Å². The highest BCUT2D eigenvalue weighted by molar-refractivity contribution is 5.89. The third-order valence-electron chi connectivity index (χ3n) is 3.88. The van der Waals surface area contributed by atoms with Crippen molar-refractivity contribution in [2.24, 2.45) is 0 Å². The molecule has 132 valence electrons.